The van der Waals surface area contributed by atoms with E-state index >= 15 is 0 Å². The lowest BCUT2D eigenvalue weighted by atomic mass is 10.1. The Balaban J connectivity index is 3.32. The number of carbonyl (C=O) groups excluding carboxylic acids is 1. The van der Waals surface area contributed by atoms with Crippen molar-refractivity contribution in [1.29, 1.82) is 0 Å². The molecule has 0 fully saturated rings. The van der Waals surface area contributed by atoms with Gasteiger partial charge in [0.15, 0.2) is 0 Å². The highest BCUT2D eigenvalue weighted by molar-refractivity contribution is 5.74. The van der Waals surface area contributed by atoms with Gasteiger partial charge in [0.25, 0.3) is 0 Å². The normalized spacial score (nSPS) is 13.2. The average Bonchev–Trinajstić information content (AvgIpc) is 1.86. The van der Waals surface area contributed by atoms with Crippen LogP contribution >= 0.6 is 0 Å². The van der Waals surface area contributed by atoms with E-state index in [0.29, 0.717) is 12.5 Å². The Hall–Kier alpha value is -0.570. The number of nitrogens with two attached hydrogens (primary N) is 1. The lowest BCUT2D eigenvalue weighted by molar-refractivity contribution is -0.145. The Kier molecular flexibility index (Phi) is 4.86. The van der Waals surface area contributed by atoms with Crippen LogP contribution < -0.4 is 5.73 Å². The third-order valence-electron chi connectivity index (χ3n) is 1.31. The van der Waals surface area contributed by atoms with Gasteiger partial charge in [0, 0.05) is 0 Å². The summed E-state index contributed by atoms with van der Waals surface area (Å²) in [5, 5.41) is 0. The largest absolute Gasteiger partial charge is 0.465 e. The zero-order valence-corrected chi connectivity index (χ0v) is 7.46. The molecule has 0 aliphatic rings. The molecule has 0 aliphatic carbocycles. The monoisotopic (exact) mass is 159 g/mol. The molecule has 0 bridgehead atoms. The standard InChI is InChI=1S/C8H17NO2/c1-6(2)4-5-11-8(10)7(3)9/h6-7H,4-5,9H2,1-3H3/t7-/m1/s1. The minimum atomic E-state index is -0.498. The highest BCUT2D eigenvalue weighted by atomic mass is 16.5. The molecule has 3 heteroatoms. The molecule has 11 heavy (non-hydrogen) atoms. The molecule has 0 saturated heterocycles. The molecule has 0 aromatic rings. The topological polar surface area (TPSA) is 52.3 Å². The van der Waals surface area contributed by atoms with Gasteiger partial charge in [-0.05, 0) is 19.3 Å². The van der Waals surface area contributed by atoms with Crippen LogP contribution in [0.1, 0.15) is 27.2 Å². The van der Waals surface area contributed by atoms with E-state index in [1.807, 2.05) is 0 Å². The number of esters is 1. The Morgan fingerprint density at radius 3 is 2.36 bits per heavy atom. The van der Waals surface area contributed by atoms with Gasteiger partial charge in [-0.1, -0.05) is 13.8 Å². The maximum absolute atomic E-state index is 10.8. The first-order valence-corrected chi connectivity index (χ1v) is 3.96. The second-order valence-corrected chi connectivity index (χ2v) is 3.14. The lowest BCUT2D eigenvalue weighted by Crippen LogP contribution is -2.29. The van der Waals surface area contributed by atoms with Crippen molar-refractivity contribution >= 4 is 5.97 Å². The van der Waals surface area contributed by atoms with E-state index in [0.717, 1.165) is 6.42 Å². The molecule has 66 valence electrons. The van der Waals surface area contributed by atoms with E-state index in [1.54, 1.807) is 6.92 Å². The van der Waals surface area contributed by atoms with Gasteiger partial charge in [0.05, 0.1) is 6.61 Å². The van der Waals surface area contributed by atoms with Gasteiger partial charge in [-0.3, -0.25) is 4.79 Å². The third-order valence-corrected chi connectivity index (χ3v) is 1.31. The number of hydrogen-bond acceptors (Lipinski definition) is 3. The molecule has 0 aromatic heterocycles. The van der Waals surface area contributed by atoms with Gasteiger partial charge in [-0.2, -0.15) is 0 Å². The first kappa shape index (κ1) is 10.4. The molecule has 0 aliphatic heterocycles. The molecule has 1 atom stereocenters. The van der Waals surface area contributed by atoms with Crippen molar-refractivity contribution in [3.63, 3.8) is 0 Å². The van der Waals surface area contributed by atoms with Crippen LogP contribution in [0, 0.1) is 5.92 Å². The van der Waals surface area contributed by atoms with E-state index in [4.69, 9.17) is 10.5 Å². The smallest absolute Gasteiger partial charge is 0.322 e. The fourth-order valence-corrected chi connectivity index (χ4v) is 0.527. The molecule has 0 saturated carbocycles. The summed E-state index contributed by atoms with van der Waals surface area (Å²) < 4.78 is 4.85. The summed E-state index contributed by atoms with van der Waals surface area (Å²) in [6.07, 6.45) is 0.901. The number of rotatable bonds is 4. The summed E-state index contributed by atoms with van der Waals surface area (Å²) in [5.74, 6) is 0.251. The second-order valence-electron chi connectivity index (χ2n) is 3.14. The lowest BCUT2D eigenvalue weighted by Gasteiger charge is -2.07. The number of hydrogen-bond donors (Lipinski definition) is 1. The fourth-order valence-electron chi connectivity index (χ4n) is 0.527. The Morgan fingerprint density at radius 1 is 1.45 bits per heavy atom. The molecule has 0 heterocycles. The van der Waals surface area contributed by atoms with Crippen LogP contribution in [0.4, 0.5) is 0 Å². The van der Waals surface area contributed by atoms with Crippen molar-refractivity contribution in [2.24, 2.45) is 11.7 Å². The molecular weight excluding hydrogens is 142 g/mol. The van der Waals surface area contributed by atoms with Gasteiger partial charge in [-0.15, -0.1) is 0 Å². The van der Waals surface area contributed by atoms with Crippen molar-refractivity contribution in [3.8, 4) is 0 Å². The Bertz CT molecular complexity index is 121. The highest BCUT2D eigenvalue weighted by Gasteiger charge is 2.07. The van der Waals surface area contributed by atoms with Crippen LogP contribution in [0.15, 0.2) is 0 Å². The predicted molar refractivity (Wildman–Crippen MR) is 44.1 cm³/mol. The van der Waals surface area contributed by atoms with Gasteiger partial charge in [0.1, 0.15) is 6.04 Å². The Morgan fingerprint density at radius 2 is 2.00 bits per heavy atom. The van der Waals surface area contributed by atoms with Crippen LogP contribution in [-0.4, -0.2) is 18.6 Å². The van der Waals surface area contributed by atoms with Crippen LogP contribution in [0.5, 0.6) is 0 Å². The summed E-state index contributed by atoms with van der Waals surface area (Å²) >= 11 is 0. The third kappa shape index (κ3) is 5.85. The van der Waals surface area contributed by atoms with E-state index < -0.39 is 6.04 Å². The average molecular weight is 159 g/mol. The van der Waals surface area contributed by atoms with Crippen LogP contribution in [0.3, 0.4) is 0 Å². The maximum Gasteiger partial charge on any atom is 0.322 e. The van der Waals surface area contributed by atoms with Gasteiger partial charge >= 0.3 is 5.97 Å². The summed E-state index contributed by atoms with van der Waals surface area (Å²) in [6.45, 7) is 6.27. The zero-order chi connectivity index (χ0) is 8.85. The van der Waals surface area contributed by atoms with Crippen LogP contribution in [0.25, 0.3) is 0 Å². The molecule has 0 unspecified atom stereocenters. The first-order chi connectivity index (χ1) is 5.04. The number of carbonyl (C=O) groups is 1. The summed E-state index contributed by atoms with van der Waals surface area (Å²) in [6, 6.07) is -0.498. The summed E-state index contributed by atoms with van der Waals surface area (Å²) in [7, 11) is 0. The molecule has 2 N–H and O–H groups in total. The van der Waals surface area contributed by atoms with Crippen LogP contribution in [-0.2, 0) is 9.53 Å². The molecule has 0 radical (unpaired) electrons. The van der Waals surface area contributed by atoms with Gasteiger partial charge in [-0.25, -0.2) is 0 Å². The van der Waals surface area contributed by atoms with Crippen LogP contribution in [0.2, 0.25) is 0 Å². The van der Waals surface area contributed by atoms with Crippen molar-refractivity contribution in [2.45, 2.75) is 33.2 Å². The quantitative estimate of drug-likeness (QED) is 0.621. The van der Waals surface area contributed by atoms with E-state index in [9.17, 15) is 4.79 Å². The van der Waals surface area contributed by atoms with Crippen molar-refractivity contribution in [3.05, 3.63) is 0 Å². The van der Waals surface area contributed by atoms with E-state index in [-0.39, 0.29) is 5.97 Å². The molecule has 0 spiro atoms. The van der Waals surface area contributed by atoms with Crippen molar-refractivity contribution in [2.75, 3.05) is 6.61 Å². The SMILES string of the molecule is CC(C)CCOC(=O)[C@@H](C)N. The number of ether oxygens (including phenoxy) is 1. The molecule has 3 nitrogen and oxygen atoms in total. The first-order valence-electron chi connectivity index (χ1n) is 3.96. The Labute approximate surface area is 67.9 Å². The molecule has 0 amide bonds. The zero-order valence-electron chi connectivity index (χ0n) is 7.46. The summed E-state index contributed by atoms with van der Waals surface area (Å²) in [4.78, 5) is 10.8. The second kappa shape index (κ2) is 5.13. The highest BCUT2D eigenvalue weighted by Crippen LogP contribution is 1.99. The fraction of sp³-hybridized carbons (Fsp3) is 0.875. The minimum absolute atomic E-state index is 0.314. The summed E-state index contributed by atoms with van der Waals surface area (Å²) in [5.41, 5.74) is 5.28. The minimum Gasteiger partial charge on any atom is -0.465 e. The van der Waals surface area contributed by atoms with E-state index in [2.05, 4.69) is 13.8 Å². The van der Waals surface area contributed by atoms with Crippen molar-refractivity contribution < 1.29 is 9.53 Å². The maximum atomic E-state index is 10.8. The molecular formula is C8H17NO2. The van der Waals surface area contributed by atoms with Gasteiger partial charge in [0.2, 0.25) is 0 Å². The molecule has 0 rings (SSSR count). The van der Waals surface area contributed by atoms with Crippen molar-refractivity contribution in [1.82, 2.24) is 0 Å². The molecule has 0 aromatic carbocycles. The van der Waals surface area contributed by atoms with Gasteiger partial charge < -0.3 is 10.5 Å². The van der Waals surface area contributed by atoms with E-state index in [1.165, 1.54) is 0 Å². The predicted octanol–water partition coefficient (Wildman–Crippen LogP) is 0.923.